The number of nitriles is 1. The Labute approximate surface area is 536 Å². The van der Waals surface area contributed by atoms with Gasteiger partial charge in [-0.25, -0.2) is 54.3 Å². The summed E-state index contributed by atoms with van der Waals surface area (Å²) < 4.78 is 156. The van der Waals surface area contributed by atoms with Crippen molar-refractivity contribution in [2.75, 3.05) is 26.4 Å². The number of halogens is 6. The van der Waals surface area contributed by atoms with Crippen LogP contribution in [-0.4, -0.2) is 142 Å². The van der Waals surface area contributed by atoms with E-state index >= 15 is 0 Å². The van der Waals surface area contributed by atoms with Crippen molar-refractivity contribution in [2.45, 2.75) is 69.0 Å². The van der Waals surface area contributed by atoms with Gasteiger partial charge in [0.2, 0.25) is 0 Å². The summed E-state index contributed by atoms with van der Waals surface area (Å²) in [6, 6.07) is 33.4. The van der Waals surface area contributed by atoms with Gasteiger partial charge in [-0.2, -0.15) is 72.4 Å². The molecule has 0 N–H and O–H groups in total. The van der Waals surface area contributed by atoms with Crippen LogP contribution in [0, 0.1) is 11.3 Å². The molecule has 0 aliphatic carbocycles. The minimum atomic E-state index is -6.09. The average Bonchev–Trinajstić information content (AvgIpc) is 4.24. The maximum absolute atomic E-state index is 10.7. The Bertz CT molecular complexity index is 3110. The number of ether oxygens (including phenoxy) is 4. The minimum Gasteiger partial charge on any atom is -0.741 e. The fourth-order valence-corrected chi connectivity index (χ4v) is 7.34. The van der Waals surface area contributed by atoms with E-state index in [1.807, 2.05) is 136 Å². The first kappa shape index (κ1) is 73.8. The van der Waals surface area contributed by atoms with Crippen molar-refractivity contribution in [3.63, 3.8) is 0 Å². The van der Waals surface area contributed by atoms with E-state index in [4.69, 9.17) is 50.2 Å². The average molecular weight is 1470 g/mol. The van der Waals surface area contributed by atoms with Gasteiger partial charge >= 0.3 is 55.8 Å². The van der Waals surface area contributed by atoms with Crippen molar-refractivity contribution in [3.8, 4) is 6.07 Å². The predicted octanol–water partition coefficient (Wildman–Crippen LogP) is 6.63. The largest absolute Gasteiger partial charge is 1.00 e. The summed E-state index contributed by atoms with van der Waals surface area (Å²) >= 11 is 0. The summed E-state index contributed by atoms with van der Waals surface area (Å²) in [5.41, 5.74) is -6.92. The molecular formula is C52H55Ag2F6N17O10S2. The van der Waals surface area contributed by atoms with Gasteiger partial charge in [0.25, 0.3) is 0 Å². The minimum absolute atomic E-state index is 0. The van der Waals surface area contributed by atoms with Gasteiger partial charge in [0, 0.05) is 106 Å². The van der Waals surface area contributed by atoms with Gasteiger partial charge in [0.1, 0.15) is 0 Å². The smallest absolute Gasteiger partial charge is 0.741 e. The number of rotatable bonds is 24. The Balaban J connectivity index is 0.000000290. The van der Waals surface area contributed by atoms with E-state index in [0.717, 1.165) is 22.3 Å². The third-order valence-corrected chi connectivity index (χ3v) is 12.5. The topological polar surface area (TPSA) is 318 Å². The van der Waals surface area contributed by atoms with E-state index in [1.54, 1.807) is 55.6 Å². The predicted molar refractivity (Wildman–Crippen MR) is 290 cm³/mol. The van der Waals surface area contributed by atoms with Crippen LogP contribution in [0.4, 0.5) is 26.3 Å². The number of hydrogen-bond donors (Lipinski definition) is 0. The molecule has 0 atom stereocenters. The number of hydrogen-bond acceptors (Lipinski definition) is 19. The van der Waals surface area contributed by atoms with E-state index in [-0.39, 0.29) is 69.4 Å². The molecule has 0 aliphatic rings. The van der Waals surface area contributed by atoms with Crippen LogP contribution >= 0.6 is 0 Å². The molecule has 0 radical (unpaired) electrons. The number of benzene rings is 2. The van der Waals surface area contributed by atoms with Crippen LogP contribution in [-0.2, 0) is 110 Å². The second kappa shape index (κ2) is 36.7. The number of nitrogens with zero attached hydrogens (tertiary/aromatic N) is 17. The monoisotopic (exact) mass is 1470 g/mol. The molecule has 27 nitrogen and oxygen atoms in total. The summed E-state index contributed by atoms with van der Waals surface area (Å²) in [5, 5.41) is 42.0. The summed E-state index contributed by atoms with van der Waals surface area (Å²) in [6.07, 6.45) is 28.8. The Morgan fingerprint density at radius 3 is 0.629 bits per heavy atom. The Hall–Kier alpha value is -7.67. The van der Waals surface area contributed by atoms with Crippen molar-refractivity contribution < 1.29 is 116 Å². The number of aromatic nitrogens is 16. The van der Waals surface area contributed by atoms with Gasteiger partial charge in [-0.05, 0) is 70.8 Å². The van der Waals surface area contributed by atoms with Crippen LogP contribution in [0.1, 0.15) is 53.8 Å². The van der Waals surface area contributed by atoms with Crippen LogP contribution in [0.2, 0.25) is 0 Å². The first-order valence-electron chi connectivity index (χ1n) is 25.4. The van der Waals surface area contributed by atoms with Crippen LogP contribution < -0.4 is 0 Å². The first-order valence-corrected chi connectivity index (χ1v) is 28.2. The fourth-order valence-electron chi connectivity index (χ4n) is 7.34. The second-order valence-electron chi connectivity index (χ2n) is 17.5. The molecule has 8 heterocycles. The van der Waals surface area contributed by atoms with Crippen molar-refractivity contribution >= 4 is 20.2 Å². The van der Waals surface area contributed by atoms with Crippen molar-refractivity contribution in [1.29, 1.82) is 5.26 Å². The molecule has 10 aromatic rings. The van der Waals surface area contributed by atoms with E-state index in [9.17, 15) is 26.3 Å². The maximum Gasteiger partial charge on any atom is 1.00 e. The molecule has 0 fully saturated rings. The molecular weight excluding hydrogens is 1420 g/mol. The van der Waals surface area contributed by atoms with Gasteiger partial charge in [-0.15, -0.1) is 0 Å². The first-order chi connectivity index (χ1) is 41.6. The van der Waals surface area contributed by atoms with Crippen molar-refractivity contribution in [1.82, 2.24) is 78.2 Å². The molecule has 0 bridgehead atoms. The molecule has 0 saturated heterocycles. The zero-order valence-corrected chi connectivity index (χ0v) is 50.9. The quantitative estimate of drug-likeness (QED) is 0.0265. The Morgan fingerprint density at radius 2 is 0.528 bits per heavy atom. The molecule has 8 aromatic heterocycles. The second-order valence-corrected chi connectivity index (χ2v) is 20.3. The molecule has 2 aromatic carbocycles. The van der Waals surface area contributed by atoms with E-state index in [1.165, 1.54) is 6.92 Å². The molecule has 10 rings (SSSR count). The van der Waals surface area contributed by atoms with Crippen LogP contribution in [0.15, 0.2) is 196 Å². The summed E-state index contributed by atoms with van der Waals surface area (Å²) in [5.74, 6) is 0. The van der Waals surface area contributed by atoms with Crippen LogP contribution in [0.3, 0.4) is 0 Å². The fraction of sp³-hybridized carbons (Fsp3) is 0.288. The SMILES string of the molecule is CC#N.O=S(=O)([O-])C(F)(F)F.O=S(=O)([O-])C(F)(F)F.[Ag+].[Ag+].c1cnn(C(COCc2ccc(COCC(n3cccn3)n3cccn3)cc2)n2cccn2)c1.c1cnn(C(COCc2ccc(COCC(n3cccn3)n3cccn3)cc2)n2cccn2)c1. The molecule has 0 spiro atoms. The zero-order chi connectivity index (χ0) is 62.7. The van der Waals surface area contributed by atoms with E-state index < -0.39 is 31.3 Å². The normalized spacial score (nSPS) is 11.5. The molecule has 89 heavy (non-hydrogen) atoms. The van der Waals surface area contributed by atoms with Gasteiger partial charge in [-0.1, -0.05) is 48.5 Å². The maximum atomic E-state index is 10.7. The number of alkyl halides is 6. The molecule has 37 heteroatoms. The molecule has 0 unspecified atom stereocenters. The molecule has 484 valence electrons. The van der Waals surface area contributed by atoms with Crippen LogP contribution in [0.25, 0.3) is 0 Å². The molecule has 0 amide bonds. The van der Waals surface area contributed by atoms with Crippen molar-refractivity contribution in [2.24, 2.45) is 0 Å². The van der Waals surface area contributed by atoms with Gasteiger partial charge < -0.3 is 28.1 Å². The van der Waals surface area contributed by atoms with Gasteiger partial charge in [-0.3, -0.25) is 0 Å². The van der Waals surface area contributed by atoms with Crippen LogP contribution in [0.5, 0.6) is 0 Å². The summed E-state index contributed by atoms with van der Waals surface area (Å²) in [4.78, 5) is 0. The zero-order valence-electron chi connectivity index (χ0n) is 46.3. The summed E-state index contributed by atoms with van der Waals surface area (Å²) in [7, 11) is -12.2. The molecule has 0 saturated carbocycles. The van der Waals surface area contributed by atoms with E-state index in [0.29, 0.717) is 52.9 Å². The Kier molecular flexibility index (Phi) is 30.5. The summed E-state index contributed by atoms with van der Waals surface area (Å²) in [6.45, 7) is 5.25. The van der Waals surface area contributed by atoms with Gasteiger partial charge in [0.15, 0.2) is 44.9 Å². The Morgan fingerprint density at radius 1 is 0.393 bits per heavy atom. The third kappa shape index (κ3) is 24.3. The standard InChI is InChI=1S/2C24H26N8O2.C2H3N.2CHF3O3S.2Ag/c2*1-9-25-29(13-1)23(30-14-2-10-26-30)19-33-17-21-5-7-22(8-6-21)18-34-20-24(31-15-3-11-27-31)32-16-4-12-28-32;1-2-3;2*2-1(3,4)8(5,6)7;;/h2*1-16,23-24H,17-20H2;1H3;2*(H,5,6,7);;/q;;;;;2*+1/p-2. The third-order valence-electron chi connectivity index (χ3n) is 11.4. The van der Waals surface area contributed by atoms with Crippen molar-refractivity contribution in [3.05, 3.63) is 218 Å². The van der Waals surface area contributed by atoms with Gasteiger partial charge in [0.05, 0.1) is 58.9 Å². The molecule has 0 aliphatic heterocycles. The van der Waals surface area contributed by atoms with E-state index in [2.05, 4.69) is 89.3 Å².